The molecule has 0 bridgehead atoms. The van der Waals surface area contributed by atoms with Gasteiger partial charge in [0, 0.05) is 29.2 Å². The molecule has 0 spiro atoms. The fourth-order valence-electron chi connectivity index (χ4n) is 3.40. The van der Waals surface area contributed by atoms with Crippen LogP contribution in [0.5, 0.6) is 5.75 Å². The number of halogens is 1. The number of carbonyl (C=O) groups is 1. The minimum absolute atomic E-state index is 0.0331. The summed E-state index contributed by atoms with van der Waals surface area (Å²) in [5, 5.41) is 9.49. The van der Waals surface area contributed by atoms with Crippen molar-refractivity contribution in [2.75, 3.05) is 0 Å². The lowest BCUT2D eigenvalue weighted by atomic mass is 10.0. The topological polar surface area (TPSA) is 53.4 Å². The summed E-state index contributed by atoms with van der Waals surface area (Å²) in [6, 6.07) is 18.5. The molecule has 0 saturated heterocycles. The standard InChI is InChI=1S/C21H17BrN2O2/c22-18-6-3-11-23-19(18)12-20-16-4-1-2-5-17(16)21(26)24(20)13-14-7-9-15(25)10-8-14/h1-11,20,25H,12-13H2. The summed E-state index contributed by atoms with van der Waals surface area (Å²) >= 11 is 3.56. The Kier molecular flexibility index (Phi) is 4.47. The lowest BCUT2D eigenvalue weighted by molar-refractivity contribution is 0.0708. The van der Waals surface area contributed by atoms with E-state index in [1.54, 1.807) is 18.3 Å². The van der Waals surface area contributed by atoms with E-state index in [1.807, 2.05) is 53.4 Å². The van der Waals surface area contributed by atoms with Crippen LogP contribution in [0.2, 0.25) is 0 Å². The first-order valence-corrected chi connectivity index (χ1v) is 9.20. The number of nitrogens with zero attached hydrogens (tertiary/aromatic N) is 2. The quantitative estimate of drug-likeness (QED) is 0.691. The van der Waals surface area contributed by atoms with Crippen molar-refractivity contribution in [1.82, 2.24) is 9.88 Å². The Morgan fingerprint density at radius 1 is 1.04 bits per heavy atom. The van der Waals surface area contributed by atoms with Gasteiger partial charge in [-0.3, -0.25) is 9.78 Å². The number of hydrogen-bond acceptors (Lipinski definition) is 3. The largest absolute Gasteiger partial charge is 0.508 e. The van der Waals surface area contributed by atoms with Gasteiger partial charge in [-0.1, -0.05) is 30.3 Å². The van der Waals surface area contributed by atoms with Gasteiger partial charge in [-0.2, -0.15) is 0 Å². The molecule has 1 amide bonds. The molecule has 0 radical (unpaired) electrons. The van der Waals surface area contributed by atoms with E-state index in [9.17, 15) is 9.90 Å². The maximum atomic E-state index is 13.0. The molecule has 0 saturated carbocycles. The lowest BCUT2D eigenvalue weighted by Crippen LogP contribution is -2.29. The molecule has 1 N–H and O–H groups in total. The highest BCUT2D eigenvalue weighted by Gasteiger charge is 2.36. The number of aromatic hydroxyl groups is 1. The Balaban J connectivity index is 1.70. The fourth-order valence-corrected chi connectivity index (χ4v) is 3.82. The van der Waals surface area contributed by atoms with Crippen LogP contribution < -0.4 is 0 Å². The normalized spacial score (nSPS) is 16.0. The number of phenols is 1. The molecule has 26 heavy (non-hydrogen) atoms. The van der Waals surface area contributed by atoms with Crippen LogP contribution in [0.1, 0.15) is 33.2 Å². The monoisotopic (exact) mass is 408 g/mol. The van der Waals surface area contributed by atoms with Gasteiger partial charge in [-0.15, -0.1) is 0 Å². The van der Waals surface area contributed by atoms with Gasteiger partial charge in [0.2, 0.25) is 0 Å². The first-order valence-electron chi connectivity index (χ1n) is 8.40. The maximum absolute atomic E-state index is 13.0. The summed E-state index contributed by atoms with van der Waals surface area (Å²) in [5.74, 6) is 0.254. The summed E-state index contributed by atoms with van der Waals surface area (Å²) in [4.78, 5) is 19.4. The van der Waals surface area contributed by atoms with E-state index < -0.39 is 0 Å². The van der Waals surface area contributed by atoms with Crippen LogP contribution in [0.25, 0.3) is 0 Å². The Morgan fingerprint density at radius 2 is 1.81 bits per heavy atom. The van der Waals surface area contributed by atoms with Gasteiger partial charge in [0.25, 0.3) is 5.91 Å². The van der Waals surface area contributed by atoms with Crippen molar-refractivity contribution >= 4 is 21.8 Å². The Bertz CT molecular complexity index is 956. The van der Waals surface area contributed by atoms with E-state index in [2.05, 4.69) is 20.9 Å². The second-order valence-electron chi connectivity index (χ2n) is 6.34. The predicted molar refractivity (Wildman–Crippen MR) is 103 cm³/mol. The minimum atomic E-state index is -0.0706. The minimum Gasteiger partial charge on any atom is -0.508 e. The van der Waals surface area contributed by atoms with Gasteiger partial charge in [-0.05, 0) is 57.4 Å². The lowest BCUT2D eigenvalue weighted by Gasteiger charge is -2.26. The van der Waals surface area contributed by atoms with Crippen molar-refractivity contribution in [3.05, 3.63) is 93.7 Å². The van der Waals surface area contributed by atoms with Gasteiger partial charge in [0.05, 0.1) is 11.7 Å². The summed E-state index contributed by atoms with van der Waals surface area (Å²) in [6.45, 7) is 0.489. The highest BCUT2D eigenvalue weighted by atomic mass is 79.9. The zero-order valence-electron chi connectivity index (χ0n) is 14.0. The number of hydrogen-bond donors (Lipinski definition) is 1. The fraction of sp³-hybridized carbons (Fsp3) is 0.143. The van der Waals surface area contributed by atoms with Gasteiger partial charge in [0.15, 0.2) is 0 Å². The molecule has 1 unspecified atom stereocenters. The molecule has 130 valence electrons. The Hall–Kier alpha value is -2.66. The predicted octanol–water partition coefficient (Wildman–Crippen LogP) is 4.49. The third-order valence-electron chi connectivity index (χ3n) is 4.70. The zero-order valence-corrected chi connectivity index (χ0v) is 15.6. The number of fused-ring (bicyclic) bond motifs is 1. The molecule has 3 aromatic rings. The van der Waals surface area contributed by atoms with Gasteiger partial charge in [0.1, 0.15) is 5.75 Å². The molecule has 1 aromatic heterocycles. The molecule has 5 heteroatoms. The first-order chi connectivity index (χ1) is 12.6. The number of phenolic OH excluding ortho intramolecular Hbond substituents is 1. The smallest absolute Gasteiger partial charge is 0.255 e. The van der Waals surface area contributed by atoms with Crippen molar-refractivity contribution < 1.29 is 9.90 Å². The summed E-state index contributed by atoms with van der Waals surface area (Å²) in [7, 11) is 0. The van der Waals surface area contributed by atoms with E-state index in [-0.39, 0.29) is 17.7 Å². The molecule has 4 nitrogen and oxygen atoms in total. The number of carbonyl (C=O) groups excluding carboxylic acids is 1. The Labute approximate surface area is 160 Å². The third kappa shape index (κ3) is 3.10. The van der Waals surface area contributed by atoms with Crippen molar-refractivity contribution in [1.29, 1.82) is 0 Å². The van der Waals surface area contributed by atoms with Crippen LogP contribution >= 0.6 is 15.9 Å². The van der Waals surface area contributed by atoms with Crippen LogP contribution in [-0.2, 0) is 13.0 Å². The average Bonchev–Trinajstić information content (AvgIpc) is 2.91. The molecular formula is C21H17BrN2O2. The van der Waals surface area contributed by atoms with Gasteiger partial charge >= 0.3 is 0 Å². The SMILES string of the molecule is O=C1c2ccccc2C(Cc2ncccc2Br)N1Cc1ccc(O)cc1. The van der Waals surface area contributed by atoms with E-state index in [1.165, 1.54) is 0 Å². The number of pyridine rings is 1. The second-order valence-corrected chi connectivity index (χ2v) is 7.19. The molecule has 2 aromatic carbocycles. The van der Waals surface area contributed by atoms with Gasteiger partial charge < -0.3 is 10.0 Å². The molecule has 1 aliphatic rings. The summed E-state index contributed by atoms with van der Waals surface area (Å²) in [6.07, 6.45) is 2.41. The second kappa shape index (κ2) is 6.92. The average molecular weight is 409 g/mol. The van der Waals surface area contributed by atoms with Crippen molar-refractivity contribution in [2.45, 2.75) is 19.0 Å². The van der Waals surface area contributed by atoms with E-state index >= 15 is 0 Å². The van der Waals surface area contributed by atoms with Crippen molar-refractivity contribution in [3.8, 4) is 5.75 Å². The molecule has 1 atom stereocenters. The molecule has 0 fully saturated rings. The van der Waals surface area contributed by atoms with Crippen LogP contribution in [0.15, 0.2) is 71.3 Å². The molecule has 1 aliphatic heterocycles. The summed E-state index contributed by atoms with van der Waals surface area (Å²) < 4.78 is 0.946. The van der Waals surface area contributed by atoms with Gasteiger partial charge in [-0.25, -0.2) is 0 Å². The highest BCUT2D eigenvalue weighted by Crippen LogP contribution is 2.37. The van der Waals surface area contributed by atoms with E-state index in [0.717, 1.165) is 26.9 Å². The van der Waals surface area contributed by atoms with Crippen molar-refractivity contribution in [3.63, 3.8) is 0 Å². The van der Waals surface area contributed by atoms with Crippen LogP contribution in [0.3, 0.4) is 0 Å². The number of rotatable bonds is 4. The highest BCUT2D eigenvalue weighted by molar-refractivity contribution is 9.10. The molecule has 4 rings (SSSR count). The molecule has 2 heterocycles. The summed E-state index contributed by atoms with van der Waals surface area (Å²) in [5.41, 5.74) is 3.70. The molecule has 0 aliphatic carbocycles. The molecular weight excluding hydrogens is 392 g/mol. The van der Waals surface area contributed by atoms with Crippen LogP contribution in [-0.4, -0.2) is 20.9 Å². The number of benzene rings is 2. The zero-order chi connectivity index (χ0) is 18.1. The number of amides is 1. The Morgan fingerprint density at radius 3 is 2.58 bits per heavy atom. The van der Waals surface area contributed by atoms with E-state index in [0.29, 0.717) is 13.0 Å². The van der Waals surface area contributed by atoms with Crippen LogP contribution in [0, 0.1) is 0 Å². The van der Waals surface area contributed by atoms with Crippen LogP contribution in [0.4, 0.5) is 0 Å². The van der Waals surface area contributed by atoms with Crippen molar-refractivity contribution in [2.24, 2.45) is 0 Å². The first kappa shape index (κ1) is 16.8. The number of aromatic nitrogens is 1. The third-order valence-corrected chi connectivity index (χ3v) is 5.42. The maximum Gasteiger partial charge on any atom is 0.255 e. The van der Waals surface area contributed by atoms with E-state index in [4.69, 9.17) is 0 Å².